The molecule has 4 amide bonds. The molecule has 1 aromatic rings. The van der Waals surface area contributed by atoms with Crippen LogP contribution in [-0.2, 0) is 16.0 Å². The second-order valence-corrected chi connectivity index (χ2v) is 8.02. The largest absolute Gasteiger partial charge is 0.336 e. The minimum absolute atomic E-state index is 0.0904. The number of hydrogen-bond acceptors (Lipinski definition) is 6. The summed E-state index contributed by atoms with van der Waals surface area (Å²) in [5.74, 6) is -0.149. The maximum Gasteiger partial charge on any atom is 0.321 e. The third-order valence-electron chi connectivity index (χ3n) is 5.33. The Bertz CT molecular complexity index is 746. The van der Waals surface area contributed by atoms with E-state index in [2.05, 4.69) is 39.9 Å². The minimum Gasteiger partial charge on any atom is -0.336 e. The van der Waals surface area contributed by atoms with Gasteiger partial charge < -0.3 is 5.32 Å². The second-order valence-electron chi connectivity index (χ2n) is 6.96. The van der Waals surface area contributed by atoms with E-state index in [0.717, 1.165) is 24.3 Å². The number of carbonyl (C=O) groups excluding carboxylic acids is 3. The summed E-state index contributed by atoms with van der Waals surface area (Å²) >= 11 is 1.34. The van der Waals surface area contributed by atoms with Gasteiger partial charge in [-0.3, -0.25) is 19.8 Å². The highest BCUT2D eigenvalue weighted by atomic mass is 32.1. The Labute approximate surface area is 155 Å². The molecule has 0 spiro atoms. The maximum atomic E-state index is 12.5. The first-order valence-corrected chi connectivity index (χ1v) is 9.81. The first-order chi connectivity index (χ1) is 12.6. The lowest BCUT2D eigenvalue weighted by molar-refractivity contribution is -0.140. The van der Waals surface area contributed by atoms with Crippen LogP contribution in [0.4, 0.5) is 9.93 Å². The van der Waals surface area contributed by atoms with Gasteiger partial charge in [0.05, 0.1) is 11.8 Å². The van der Waals surface area contributed by atoms with Crippen molar-refractivity contribution >= 4 is 34.3 Å². The molecule has 4 rings (SSSR count). The number of likely N-dealkylation sites (tertiary alicyclic amines) is 1. The molecule has 3 aliphatic rings. The predicted molar refractivity (Wildman–Crippen MR) is 95.4 cm³/mol. The number of nitrogens with zero attached hydrogens (tertiary/aromatic N) is 3. The second kappa shape index (κ2) is 6.79. The average Bonchev–Trinajstić information content (AvgIpc) is 3.36. The fourth-order valence-corrected chi connectivity index (χ4v) is 5.06. The number of fused-ring (bicyclic) bond motifs is 5. The molecule has 0 radical (unpaired) electrons. The lowest BCUT2D eigenvalue weighted by atomic mass is 9.85. The fourth-order valence-electron chi connectivity index (χ4n) is 4.23. The molecule has 8 nitrogen and oxygen atoms in total. The smallest absolute Gasteiger partial charge is 0.321 e. The molecule has 1 aromatic heterocycles. The number of allylic oxidation sites excluding steroid dienone is 2. The molecule has 2 bridgehead atoms. The standard InChI is InChI=1S/C17H21N5O3S/c1-2-3-11-20-21-17(26-11)19-16(25)18-6-7-22-14(23)12-9-4-5-10(8-9)13(12)15(22)24/h4-5,9-10,12-13H,2-3,6-8H2,1H3,(H2,18,19,21,25)/t9-,10-,12-,13+/m0/s1. The van der Waals surface area contributed by atoms with E-state index < -0.39 is 6.03 Å². The molecule has 9 heteroatoms. The van der Waals surface area contributed by atoms with Crippen molar-refractivity contribution in [2.45, 2.75) is 26.2 Å². The van der Waals surface area contributed by atoms with Crippen LogP contribution in [-0.4, -0.2) is 46.0 Å². The van der Waals surface area contributed by atoms with E-state index in [1.165, 1.54) is 16.2 Å². The Kier molecular flexibility index (Phi) is 4.47. The molecule has 0 aromatic carbocycles. The molecule has 2 aliphatic carbocycles. The van der Waals surface area contributed by atoms with Crippen molar-refractivity contribution in [3.05, 3.63) is 17.2 Å². The quantitative estimate of drug-likeness (QED) is 0.578. The Morgan fingerprint density at radius 3 is 2.58 bits per heavy atom. The van der Waals surface area contributed by atoms with Gasteiger partial charge in [-0.05, 0) is 24.7 Å². The van der Waals surface area contributed by atoms with E-state index in [1.54, 1.807) is 0 Å². The van der Waals surface area contributed by atoms with Crippen molar-refractivity contribution in [3.8, 4) is 0 Å². The molecule has 1 saturated heterocycles. The third kappa shape index (κ3) is 2.90. The third-order valence-corrected chi connectivity index (χ3v) is 6.23. The number of carbonyl (C=O) groups is 3. The van der Waals surface area contributed by atoms with Gasteiger partial charge in [-0.2, -0.15) is 0 Å². The first kappa shape index (κ1) is 17.1. The zero-order valence-electron chi connectivity index (χ0n) is 14.5. The van der Waals surface area contributed by atoms with E-state index in [1.807, 2.05) is 0 Å². The summed E-state index contributed by atoms with van der Waals surface area (Å²) in [5, 5.41) is 14.5. The fraction of sp³-hybridized carbons (Fsp3) is 0.588. The summed E-state index contributed by atoms with van der Waals surface area (Å²) in [5.41, 5.74) is 0. The lowest BCUT2D eigenvalue weighted by Crippen LogP contribution is -2.40. The van der Waals surface area contributed by atoms with Crippen molar-refractivity contribution in [3.63, 3.8) is 0 Å². The van der Waals surface area contributed by atoms with Gasteiger partial charge in [0.2, 0.25) is 16.9 Å². The highest BCUT2D eigenvalue weighted by molar-refractivity contribution is 7.15. The molecule has 1 aliphatic heterocycles. The summed E-state index contributed by atoms with van der Waals surface area (Å²) < 4.78 is 0. The Balaban J connectivity index is 1.26. The molecule has 2 N–H and O–H groups in total. The Morgan fingerprint density at radius 1 is 1.23 bits per heavy atom. The molecule has 138 valence electrons. The van der Waals surface area contributed by atoms with Gasteiger partial charge in [-0.1, -0.05) is 30.4 Å². The van der Waals surface area contributed by atoms with Crippen LogP contribution in [0.3, 0.4) is 0 Å². The van der Waals surface area contributed by atoms with Gasteiger partial charge in [0, 0.05) is 19.5 Å². The van der Waals surface area contributed by atoms with Crippen molar-refractivity contribution in [1.29, 1.82) is 0 Å². The van der Waals surface area contributed by atoms with Crippen molar-refractivity contribution in [2.75, 3.05) is 18.4 Å². The number of hydrogen-bond donors (Lipinski definition) is 2. The van der Waals surface area contributed by atoms with Gasteiger partial charge >= 0.3 is 6.03 Å². The first-order valence-electron chi connectivity index (χ1n) is 8.99. The summed E-state index contributed by atoms with van der Waals surface area (Å²) in [7, 11) is 0. The Morgan fingerprint density at radius 2 is 1.92 bits per heavy atom. The van der Waals surface area contributed by atoms with Crippen LogP contribution in [0.15, 0.2) is 12.2 Å². The number of amides is 4. The number of aryl methyl sites for hydroxylation is 1. The van der Waals surface area contributed by atoms with E-state index in [4.69, 9.17) is 0 Å². The van der Waals surface area contributed by atoms with Crippen LogP contribution >= 0.6 is 11.3 Å². The lowest BCUT2D eigenvalue weighted by Gasteiger charge is -2.17. The van der Waals surface area contributed by atoms with Crippen LogP contribution in [0.1, 0.15) is 24.8 Å². The van der Waals surface area contributed by atoms with Gasteiger partial charge in [-0.25, -0.2) is 4.79 Å². The van der Waals surface area contributed by atoms with Crippen LogP contribution in [0.25, 0.3) is 0 Å². The normalized spacial score (nSPS) is 28.7. The van der Waals surface area contributed by atoms with Crippen LogP contribution < -0.4 is 10.6 Å². The van der Waals surface area contributed by atoms with Gasteiger partial charge in [0.15, 0.2) is 0 Å². The minimum atomic E-state index is -0.412. The predicted octanol–water partition coefficient (Wildman–Crippen LogP) is 1.42. The van der Waals surface area contributed by atoms with Crippen molar-refractivity contribution in [2.24, 2.45) is 23.7 Å². The zero-order valence-corrected chi connectivity index (χ0v) is 15.3. The molecule has 1 saturated carbocycles. The topological polar surface area (TPSA) is 104 Å². The average molecular weight is 375 g/mol. The van der Waals surface area contributed by atoms with Crippen molar-refractivity contribution < 1.29 is 14.4 Å². The van der Waals surface area contributed by atoms with Crippen LogP contribution in [0.5, 0.6) is 0 Å². The number of imide groups is 1. The zero-order chi connectivity index (χ0) is 18.3. The molecule has 4 atom stereocenters. The molecule has 2 heterocycles. The van der Waals surface area contributed by atoms with Crippen LogP contribution in [0.2, 0.25) is 0 Å². The summed E-state index contributed by atoms with van der Waals surface area (Å²) in [6, 6.07) is -0.412. The van der Waals surface area contributed by atoms with Gasteiger partial charge in [0.25, 0.3) is 0 Å². The summed E-state index contributed by atoms with van der Waals surface area (Å²) in [6.07, 6.45) is 6.86. The van der Waals surface area contributed by atoms with E-state index in [9.17, 15) is 14.4 Å². The van der Waals surface area contributed by atoms with E-state index >= 15 is 0 Å². The number of urea groups is 1. The highest BCUT2D eigenvalue weighted by Crippen LogP contribution is 2.52. The highest BCUT2D eigenvalue weighted by Gasteiger charge is 2.58. The summed E-state index contributed by atoms with van der Waals surface area (Å²) in [4.78, 5) is 38.3. The van der Waals surface area contributed by atoms with Gasteiger partial charge in [0.1, 0.15) is 5.01 Å². The number of rotatable bonds is 6. The monoisotopic (exact) mass is 375 g/mol. The number of anilines is 1. The van der Waals surface area contributed by atoms with E-state index in [0.29, 0.717) is 5.13 Å². The van der Waals surface area contributed by atoms with Gasteiger partial charge in [-0.15, -0.1) is 10.2 Å². The molecular weight excluding hydrogens is 354 g/mol. The molecular formula is C17H21N5O3S. The van der Waals surface area contributed by atoms with Crippen molar-refractivity contribution in [1.82, 2.24) is 20.4 Å². The van der Waals surface area contributed by atoms with Crippen LogP contribution in [0, 0.1) is 23.7 Å². The SMILES string of the molecule is CCCc1nnc(NC(=O)NCCN2C(=O)[C@@H]3[C@H](C2=O)[C@H]2C=C[C@H]3C2)s1. The number of nitrogens with one attached hydrogen (secondary N) is 2. The molecule has 0 unspecified atom stereocenters. The summed E-state index contributed by atoms with van der Waals surface area (Å²) in [6.45, 7) is 2.47. The molecule has 2 fully saturated rings. The number of aromatic nitrogens is 2. The van der Waals surface area contributed by atoms with E-state index in [-0.39, 0.29) is 48.6 Å². The maximum absolute atomic E-state index is 12.5. The Hall–Kier alpha value is -2.29. The molecule has 26 heavy (non-hydrogen) atoms.